The molecule has 2 N–H and O–H groups in total. The summed E-state index contributed by atoms with van der Waals surface area (Å²) in [7, 11) is 0. The number of rotatable bonds is 2. The van der Waals surface area contributed by atoms with E-state index < -0.39 is 0 Å². The molecule has 1 nitrogen and oxygen atoms in total. The second-order valence-corrected chi connectivity index (χ2v) is 4.32. The molecule has 2 aromatic rings. The molecule has 0 spiro atoms. The van der Waals surface area contributed by atoms with Crippen molar-refractivity contribution in [1.82, 2.24) is 0 Å². The number of benzene rings is 1. The molecule has 0 aliphatic heterocycles. The molecule has 1 atom stereocenters. The van der Waals surface area contributed by atoms with Gasteiger partial charge in [-0.1, -0.05) is 25.1 Å². The monoisotopic (exact) mass is 191 g/mol. The summed E-state index contributed by atoms with van der Waals surface area (Å²) in [5, 5.41) is 1.31. The van der Waals surface area contributed by atoms with Gasteiger partial charge in [0.1, 0.15) is 0 Å². The summed E-state index contributed by atoms with van der Waals surface area (Å²) in [4.78, 5) is 1.30. The lowest BCUT2D eigenvalue weighted by molar-refractivity contribution is 0.712. The van der Waals surface area contributed by atoms with Gasteiger partial charge in [0.2, 0.25) is 0 Å². The normalized spacial score (nSPS) is 13.4. The predicted molar refractivity (Wildman–Crippen MR) is 59.0 cm³/mol. The Hall–Kier alpha value is -0.860. The first-order chi connectivity index (χ1) is 6.31. The molecule has 2 heteroatoms. The van der Waals surface area contributed by atoms with Crippen LogP contribution >= 0.6 is 11.3 Å². The van der Waals surface area contributed by atoms with Crippen LogP contribution in [0.25, 0.3) is 10.1 Å². The highest BCUT2D eigenvalue weighted by Crippen LogP contribution is 2.29. The van der Waals surface area contributed by atoms with Crippen molar-refractivity contribution in [1.29, 1.82) is 0 Å². The van der Waals surface area contributed by atoms with Crippen LogP contribution in [0.3, 0.4) is 0 Å². The largest absolute Gasteiger partial charge is 0.323 e. The lowest BCUT2D eigenvalue weighted by atomic mass is 10.2. The van der Waals surface area contributed by atoms with Crippen LogP contribution in [-0.4, -0.2) is 0 Å². The number of hydrogen-bond donors (Lipinski definition) is 1. The predicted octanol–water partition coefficient (Wildman–Crippen LogP) is 3.31. The van der Waals surface area contributed by atoms with Gasteiger partial charge in [0, 0.05) is 15.6 Å². The molecule has 1 unspecified atom stereocenters. The van der Waals surface area contributed by atoms with Gasteiger partial charge in [-0.05, 0) is 23.9 Å². The fourth-order valence-electron chi connectivity index (χ4n) is 1.39. The molecule has 0 amide bonds. The highest BCUT2D eigenvalue weighted by Gasteiger charge is 2.06. The minimum absolute atomic E-state index is 0.206. The minimum atomic E-state index is 0.206. The van der Waals surface area contributed by atoms with Gasteiger partial charge in [0.05, 0.1) is 0 Å². The summed E-state index contributed by atoms with van der Waals surface area (Å²) < 4.78 is 1.33. The van der Waals surface area contributed by atoms with E-state index in [9.17, 15) is 0 Å². The molecule has 0 radical (unpaired) electrons. The van der Waals surface area contributed by atoms with Crippen molar-refractivity contribution < 1.29 is 0 Å². The molecule has 13 heavy (non-hydrogen) atoms. The summed E-state index contributed by atoms with van der Waals surface area (Å²) >= 11 is 1.80. The zero-order valence-electron chi connectivity index (χ0n) is 7.66. The Morgan fingerprint density at radius 2 is 2.15 bits per heavy atom. The van der Waals surface area contributed by atoms with Crippen molar-refractivity contribution in [3.8, 4) is 0 Å². The van der Waals surface area contributed by atoms with Crippen LogP contribution in [0.2, 0.25) is 0 Å². The topological polar surface area (TPSA) is 26.0 Å². The molecule has 0 saturated heterocycles. The summed E-state index contributed by atoms with van der Waals surface area (Å²) in [6.45, 7) is 2.12. The SMILES string of the molecule is CCC(N)c1cc2ccccc2s1. The van der Waals surface area contributed by atoms with Crippen molar-refractivity contribution in [2.75, 3.05) is 0 Å². The van der Waals surface area contributed by atoms with Crippen LogP contribution in [0, 0.1) is 0 Å². The number of hydrogen-bond acceptors (Lipinski definition) is 2. The van der Waals surface area contributed by atoms with E-state index in [0.29, 0.717) is 0 Å². The molecule has 1 heterocycles. The Bertz CT molecular complexity index is 372. The number of fused-ring (bicyclic) bond motifs is 1. The Balaban J connectivity index is 2.49. The third-order valence-electron chi connectivity index (χ3n) is 2.25. The highest BCUT2D eigenvalue weighted by molar-refractivity contribution is 7.19. The van der Waals surface area contributed by atoms with E-state index in [1.807, 2.05) is 0 Å². The number of nitrogens with two attached hydrogens (primary N) is 1. The Morgan fingerprint density at radius 1 is 1.38 bits per heavy atom. The maximum Gasteiger partial charge on any atom is 0.0387 e. The van der Waals surface area contributed by atoms with E-state index >= 15 is 0 Å². The van der Waals surface area contributed by atoms with Crippen LogP contribution in [0.5, 0.6) is 0 Å². The van der Waals surface area contributed by atoms with Gasteiger partial charge in [0.15, 0.2) is 0 Å². The Labute approximate surface area is 82.2 Å². The first kappa shape index (κ1) is 8.73. The molecule has 0 aliphatic carbocycles. The van der Waals surface area contributed by atoms with Gasteiger partial charge < -0.3 is 5.73 Å². The van der Waals surface area contributed by atoms with Crippen molar-refractivity contribution in [3.63, 3.8) is 0 Å². The van der Waals surface area contributed by atoms with E-state index in [1.54, 1.807) is 11.3 Å². The zero-order valence-corrected chi connectivity index (χ0v) is 8.47. The molecule has 2 rings (SSSR count). The fourth-order valence-corrected chi connectivity index (χ4v) is 2.54. The maximum absolute atomic E-state index is 5.97. The standard InChI is InChI=1S/C11H13NS/c1-2-9(12)11-7-8-5-3-4-6-10(8)13-11/h3-7,9H,2,12H2,1H3. The third kappa shape index (κ3) is 1.60. The molecule has 68 valence electrons. The second-order valence-electron chi connectivity index (χ2n) is 3.20. The van der Waals surface area contributed by atoms with Crippen molar-refractivity contribution in [2.45, 2.75) is 19.4 Å². The smallest absolute Gasteiger partial charge is 0.0387 e. The van der Waals surface area contributed by atoms with E-state index in [4.69, 9.17) is 5.73 Å². The van der Waals surface area contributed by atoms with Crippen LogP contribution < -0.4 is 5.73 Å². The molecule has 1 aromatic carbocycles. The molecule has 0 fully saturated rings. The Kier molecular flexibility index (Phi) is 2.34. The fraction of sp³-hybridized carbons (Fsp3) is 0.273. The summed E-state index contributed by atoms with van der Waals surface area (Å²) in [5.41, 5.74) is 5.97. The molecule has 0 bridgehead atoms. The maximum atomic E-state index is 5.97. The van der Waals surface area contributed by atoms with E-state index in [1.165, 1.54) is 15.0 Å². The van der Waals surface area contributed by atoms with E-state index in [2.05, 4.69) is 37.3 Å². The molecular formula is C11H13NS. The van der Waals surface area contributed by atoms with E-state index in [-0.39, 0.29) is 6.04 Å². The van der Waals surface area contributed by atoms with Gasteiger partial charge in [-0.25, -0.2) is 0 Å². The molecule has 0 aliphatic rings. The van der Waals surface area contributed by atoms with E-state index in [0.717, 1.165) is 6.42 Å². The summed E-state index contributed by atoms with van der Waals surface area (Å²) in [6.07, 6.45) is 1.01. The second kappa shape index (κ2) is 3.48. The first-order valence-corrected chi connectivity index (χ1v) is 5.37. The number of thiophene rings is 1. The van der Waals surface area contributed by atoms with Gasteiger partial charge in [-0.15, -0.1) is 11.3 Å². The van der Waals surface area contributed by atoms with Gasteiger partial charge in [-0.2, -0.15) is 0 Å². The average Bonchev–Trinajstić information content (AvgIpc) is 2.59. The van der Waals surface area contributed by atoms with Gasteiger partial charge >= 0.3 is 0 Å². The molecular weight excluding hydrogens is 178 g/mol. The van der Waals surface area contributed by atoms with Gasteiger partial charge in [0.25, 0.3) is 0 Å². The van der Waals surface area contributed by atoms with Crippen LogP contribution in [-0.2, 0) is 0 Å². The average molecular weight is 191 g/mol. The summed E-state index contributed by atoms with van der Waals surface area (Å²) in [5.74, 6) is 0. The van der Waals surface area contributed by atoms with Crippen molar-refractivity contribution in [3.05, 3.63) is 35.2 Å². The van der Waals surface area contributed by atoms with Crippen LogP contribution in [0.1, 0.15) is 24.3 Å². The lowest BCUT2D eigenvalue weighted by Gasteiger charge is -2.02. The zero-order chi connectivity index (χ0) is 9.26. The van der Waals surface area contributed by atoms with Crippen LogP contribution in [0.4, 0.5) is 0 Å². The van der Waals surface area contributed by atoms with Crippen LogP contribution in [0.15, 0.2) is 30.3 Å². The molecule has 0 saturated carbocycles. The summed E-state index contributed by atoms with van der Waals surface area (Å²) in [6, 6.07) is 10.8. The third-order valence-corrected chi connectivity index (χ3v) is 3.50. The minimum Gasteiger partial charge on any atom is -0.323 e. The Morgan fingerprint density at radius 3 is 2.85 bits per heavy atom. The van der Waals surface area contributed by atoms with Crippen molar-refractivity contribution >= 4 is 21.4 Å². The quantitative estimate of drug-likeness (QED) is 0.774. The van der Waals surface area contributed by atoms with Gasteiger partial charge in [-0.3, -0.25) is 0 Å². The first-order valence-electron chi connectivity index (χ1n) is 4.55. The molecule has 1 aromatic heterocycles. The van der Waals surface area contributed by atoms with Crippen molar-refractivity contribution in [2.24, 2.45) is 5.73 Å². The highest BCUT2D eigenvalue weighted by atomic mass is 32.1. The lowest BCUT2D eigenvalue weighted by Crippen LogP contribution is -2.05.